The van der Waals surface area contributed by atoms with E-state index in [4.69, 9.17) is 0 Å². The zero-order chi connectivity index (χ0) is 38.9. The first-order chi connectivity index (χ1) is 26.2. The van der Waals surface area contributed by atoms with E-state index in [1.54, 1.807) is 0 Å². The number of hydrogen-bond acceptors (Lipinski definition) is 2. The summed E-state index contributed by atoms with van der Waals surface area (Å²) in [5, 5.41) is 1.49. The van der Waals surface area contributed by atoms with E-state index < -0.39 is 8.07 Å². The Morgan fingerprint density at radius 3 is 1.15 bits per heavy atom. The molecule has 0 N–H and O–H groups in total. The second-order valence-corrected chi connectivity index (χ2v) is 23.4. The van der Waals surface area contributed by atoms with Crippen molar-refractivity contribution in [1.29, 1.82) is 0 Å². The van der Waals surface area contributed by atoms with Crippen LogP contribution >= 0.6 is 0 Å². The van der Waals surface area contributed by atoms with Gasteiger partial charge in [0.25, 0.3) is 6.71 Å². The molecule has 6 aromatic rings. The Kier molecular flexibility index (Phi) is 9.49. The number of anilines is 6. The van der Waals surface area contributed by atoms with Crippen LogP contribution < -0.4 is 31.4 Å². The molecule has 2 aliphatic heterocycles. The SMILES string of the molecule is CC(C)c1ccc(N2c3ccc(C(C)C)cc3B3c4cc(C(C)C)ccc4N(c4ccc(C(C)C)cc4)c4cc(-c5ccc([Si](C)(C)C)cc5)cc2c43)cc1. The molecule has 6 aromatic carbocycles. The van der Waals surface area contributed by atoms with Crippen LogP contribution in [0.5, 0.6) is 0 Å². The standard InChI is InChI=1S/C51H57BN2Si/c1-32(2)36-12-20-42(21-13-36)53-47-26-18-39(34(5)6)28-45(47)52-46-29-40(35(7)8)19-27-48(46)54(43-22-14-37(15-23-43)33(3)4)50-31-41(30-49(53)51(50)52)38-16-24-44(25-17-38)55(9,10)11/h12-35H,1-11H3. The Balaban J connectivity index is 1.48. The predicted octanol–water partition coefficient (Wildman–Crippen LogP) is 12.5. The van der Waals surface area contributed by atoms with E-state index in [0.29, 0.717) is 23.7 Å². The minimum Gasteiger partial charge on any atom is -0.311 e. The average molecular weight is 737 g/mol. The second-order valence-electron chi connectivity index (χ2n) is 18.3. The van der Waals surface area contributed by atoms with E-state index in [1.807, 2.05) is 0 Å². The molecule has 0 spiro atoms. The molecule has 2 heterocycles. The molecule has 0 aliphatic carbocycles. The normalized spacial score (nSPS) is 13.5. The first kappa shape index (κ1) is 37.1. The van der Waals surface area contributed by atoms with Crippen molar-refractivity contribution >= 4 is 70.5 Å². The van der Waals surface area contributed by atoms with Gasteiger partial charge in [0, 0.05) is 34.1 Å². The fourth-order valence-corrected chi connectivity index (χ4v) is 9.83. The van der Waals surface area contributed by atoms with Gasteiger partial charge in [0.1, 0.15) is 0 Å². The van der Waals surface area contributed by atoms with E-state index in [1.165, 1.54) is 89.1 Å². The Morgan fingerprint density at radius 1 is 0.400 bits per heavy atom. The van der Waals surface area contributed by atoms with Gasteiger partial charge in [-0.05, 0) is 122 Å². The van der Waals surface area contributed by atoms with Gasteiger partial charge in [-0.2, -0.15) is 0 Å². The smallest absolute Gasteiger partial charge is 0.252 e. The van der Waals surface area contributed by atoms with Crippen molar-refractivity contribution in [2.45, 2.75) is 98.7 Å². The second kappa shape index (κ2) is 14.1. The van der Waals surface area contributed by atoms with Crippen LogP contribution in [0.25, 0.3) is 11.1 Å². The fourth-order valence-electron chi connectivity index (χ4n) is 8.66. The van der Waals surface area contributed by atoms with Crippen LogP contribution in [-0.2, 0) is 0 Å². The molecule has 8 rings (SSSR count). The molecule has 0 amide bonds. The van der Waals surface area contributed by atoms with Crippen LogP contribution in [0.3, 0.4) is 0 Å². The van der Waals surface area contributed by atoms with Gasteiger partial charge in [-0.15, -0.1) is 0 Å². The molecule has 2 nitrogen and oxygen atoms in total. The lowest BCUT2D eigenvalue weighted by Crippen LogP contribution is -2.61. The summed E-state index contributed by atoms with van der Waals surface area (Å²) in [6, 6.07) is 47.7. The van der Waals surface area contributed by atoms with E-state index in [2.05, 4.69) is 206 Å². The Bertz CT molecular complexity index is 2230. The third-order valence-electron chi connectivity index (χ3n) is 12.2. The Morgan fingerprint density at radius 2 is 0.782 bits per heavy atom. The summed E-state index contributed by atoms with van der Waals surface area (Å²) in [5.41, 5.74) is 19.6. The van der Waals surface area contributed by atoms with Gasteiger partial charge in [0.2, 0.25) is 0 Å². The molecule has 278 valence electrons. The molecule has 4 heteroatoms. The van der Waals surface area contributed by atoms with Gasteiger partial charge < -0.3 is 9.80 Å². The number of benzene rings is 6. The van der Waals surface area contributed by atoms with Crippen LogP contribution in [0.2, 0.25) is 19.6 Å². The van der Waals surface area contributed by atoms with Crippen molar-refractivity contribution in [3.8, 4) is 11.1 Å². The first-order valence-electron chi connectivity index (χ1n) is 20.6. The van der Waals surface area contributed by atoms with E-state index >= 15 is 0 Å². The third kappa shape index (κ3) is 6.57. The third-order valence-corrected chi connectivity index (χ3v) is 14.2. The van der Waals surface area contributed by atoms with Crippen molar-refractivity contribution in [3.63, 3.8) is 0 Å². The maximum absolute atomic E-state index is 2.57. The lowest BCUT2D eigenvalue weighted by molar-refractivity contribution is 0.866. The molecule has 0 unspecified atom stereocenters. The fraction of sp³-hybridized carbons (Fsp3) is 0.294. The van der Waals surface area contributed by atoms with Crippen molar-refractivity contribution < 1.29 is 0 Å². The van der Waals surface area contributed by atoms with Gasteiger partial charge in [-0.25, -0.2) is 0 Å². The molecule has 0 bridgehead atoms. The number of hydrogen-bond donors (Lipinski definition) is 0. The van der Waals surface area contributed by atoms with Crippen molar-refractivity contribution in [2.75, 3.05) is 9.80 Å². The molecule has 55 heavy (non-hydrogen) atoms. The van der Waals surface area contributed by atoms with Crippen LogP contribution in [-0.4, -0.2) is 14.8 Å². The summed E-state index contributed by atoms with van der Waals surface area (Å²) in [5.74, 6) is 1.79. The summed E-state index contributed by atoms with van der Waals surface area (Å²) < 4.78 is 0. The summed E-state index contributed by atoms with van der Waals surface area (Å²) in [7, 11) is -1.46. The number of nitrogens with zero attached hydrogens (tertiary/aromatic N) is 2. The van der Waals surface area contributed by atoms with Gasteiger partial charge in [-0.1, -0.05) is 153 Å². The van der Waals surface area contributed by atoms with Crippen LogP contribution in [0.4, 0.5) is 34.1 Å². The van der Waals surface area contributed by atoms with Crippen molar-refractivity contribution in [1.82, 2.24) is 0 Å². The zero-order valence-electron chi connectivity index (χ0n) is 34.8. The number of fused-ring (bicyclic) bond motifs is 4. The monoisotopic (exact) mass is 736 g/mol. The van der Waals surface area contributed by atoms with Gasteiger partial charge in [0.15, 0.2) is 0 Å². The average Bonchev–Trinajstić information content (AvgIpc) is 3.17. The minimum absolute atomic E-state index is 0.0908. The quantitative estimate of drug-likeness (QED) is 0.143. The molecule has 0 saturated heterocycles. The molecule has 0 aromatic heterocycles. The first-order valence-corrected chi connectivity index (χ1v) is 24.1. The number of rotatable bonds is 8. The maximum Gasteiger partial charge on any atom is 0.252 e. The van der Waals surface area contributed by atoms with Crippen LogP contribution in [0, 0.1) is 0 Å². The lowest BCUT2D eigenvalue weighted by atomic mass is 9.33. The summed E-state index contributed by atoms with van der Waals surface area (Å²) in [4.78, 5) is 5.13. The van der Waals surface area contributed by atoms with E-state index in [9.17, 15) is 0 Å². The summed E-state index contributed by atoms with van der Waals surface area (Å²) in [6.07, 6.45) is 0. The van der Waals surface area contributed by atoms with Gasteiger partial charge in [0.05, 0.1) is 8.07 Å². The largest absolute Gasteiger partial charge is 0.311 e. The van der Waals surface area contributed by atoms with Gasteiger partial charge >= 0.3 is 0 Å². The molecule has 0 fully saturated rings. The molecule has 0 atom stereocenters. The van der Waals surface area contributed by atoms with Crippen LogP contribution in [0.1, 0.15) is 101 Å². The van der Waals surface area contributed by atoms with Crippen molar-refractivity contribution in [3.05, 3.63) is 144 Å². The maximum atomic E-state index is 2.57. The molecular formula is C51H57BN2Si. The molecule has 0 radical (unpaired) electrons. The summed E-state index contributed by atoms with van der Waals surface area (Å²) in [6.45, 7) is 25.8. The zero-order valence-corrected chi connectivity index (χ0v) is 35.8. The highest BCUT2D eigenvalue weighted by Crippen LogP contribution is 2.46. The van der Waals surface area contributed by atoms with Crippen LogP contribution in [0.15, 0.2) is 121 Å². The molecule has 2 aliphatic rings. The van der Waals surface area contributed by atoms with E-state index in [-0.39, 0.29) is 6.71 Å². The highest BCUT2D eigenvalue weighted by molar-refractivity contribution is 7.00. The minimum atomic E-state index is -1.46. The Hall–Kier alpha value is -4.80. The summed E-state index contributed by atoms with van der Waals surface area (Å²) >= 11 is 0. The van der Waals surface area contributed by atoms with Gasteiger partial charge in [-0.3, -0.25) is 0 Å². The Labute approximate surface area is 332 Å². The topological polar surface area (TPSA) is 6.48 Å². The highest BCUT2D eigenvalue weighted by Gasteiger charge is 2.44. The molecular weight excluding hydrogens is 679 g/mol. The predicted molar refractivity (Wildman–Crippen MR) is 245 cm³/mol. The lowest BCUT2D eigenvalue weighted by Gasteiger charge is -2.45. The van der Waals surface area contributed by atoms with Crippen molar-refractivity contribution in [2.24, 2.45) is 0 Å². The molecule has 0 saturated carbocycles. The highest BCUT2D eigenvalue weighted by atomic mass is 28.3. The van der Waals surface area contributed by atoms with E-state index in [0.717, 1.165) is 0 Å².